The van der Waals surface area contributed by atoms with Gasteiger partial charge in [-0.2, -0.15) is 0 Å². The molecule has 0 aliphatic carbocycles. The SMILES string of the molecule is COc1cc([C@@H]2c3cc4c(cc3C[C@H]3COC(=O)N32)OCO4)ccn1. The lowest BCUT2D eigenvalue weighted by Crippen LogP contribution is -2.42. The van der Waals surface area contributed by atoms with E-state index in [-0.39, 0.29) is 25.0 Å². The number of benzene rings is 1. The summed E-state index contributed by atoms with van der Waals surface area (Å²) in [5.74, 6) is 1.97. The van der Waals surface area contributed by atoms with Crippen LogP contribution in [0, 0.1) is 0 Å². The highest BCUT2D eigenvalue weighted by molar-refractivity contribution is 5.73. The number of cyclic esters (lactones) is 1. The van der Waals surface area contributed by atoms with Crippen LogP contribution in [0.4, 0.5) is 4.79 Å². The zero-order valence-corrected chi connectivity index (χ0v) is 13.6. The number of hydrogen-bond donors (Lipinski definition) is 0. The summed E-state index contributed by atoms with van der Waals surface area (Å²) in [6.45, 7) is 0.618. The van der Waals surface area contributed by atoms with E-state index in [1.165, 1.54) is 0 Å². The second kappa shape index (κ2) is 5.27. The van der Waals surface area contributed by atoms with Gasteiger partial charge in [0.05, 0.1) is 19.2 Å². The number of rotatable bonds is 2. The summed E-state index contributed by atoms with van der Waals surface area (Å²) in [4.78, 5) is 18.4. The van der Waals surface area contributed by atoms with Gasteiger partial charge < -0.3 is 18.9 Å². The summed E-state index contributed by atoms with van der Waals surface area (Å²) in [5, 5.41) is 0. The number of aromatic nitrogens is 1. The van der Waals surface area contributed by atoms with Gasteiger partial charge in [0.25, 0.3) is 0 Å². The van der Waals surface area contributed by atoms with Crippen molar-refractivity contribution in [2.75, 3.05) is 20.5 Å². The Bertz CT molecular complexity index is 869. The molecule has 128 valence electrons. The Morgan fingerprint density at radius 2 is 2.04 bits per heavy atom. The number of methoxy groups -OCH3 is 1. The van der Waals surface area contributed by atoms with E-state index in [1.54, 1.807) is 18.2 Å². The van der Waals surface area contributed by atoms with Gasteiger partial charge in [0.15, 0.2) is 11.5 Å². The summed E-state index contributed by atoms with van der Waals surface area (Å²) in [5.41, 5.74) is 3.09. The lowest BCUT2D eigenvalue weighted by Gasteiger charge is -2.37. The van der Waals surface area contributed by atoms with Gasteiger partial charge in [0.1, 0.15) is 6.61 Å². The van der Waals surface area contributed by atoms with Crippen molar-refractivity contribution in [3.8, 4) is 17.4 Å². The minimum Gasteiger partial charge on any atom is -0.481 e. The van der Waals surface area contributed by atoms with E-state index in [1.807, 2.05) is 24.3 Å². The standard InChI is InChI=1S/C18H16N2O5/c1-22-16-6-10(2-3-19-16)17-13-7-15-14(24-9-25-15)5-11(13)4-12-8-23-18(21)20(12)17/h2-3,5-7,12,17H,4,8-9H2,1H3/t12-,17+/m0/s1. The van der Waals surface area contributed by atoms with Crippen molar-refractivity contribution in [1.82, 2.24) is 9.88 Å². The van der Waals surface area contributed by atoms with E-state index in [0.717, 1.165) is 28.9 Å². The summed E-state index contributed by atoms with van der Waals surface area (Å²) in [7, 11) is 1.58. The van der Waals surface area contributed by atoms with E-state index in [9.17, 15) is 4.79 Å². The van der Waals surface area contributed by atoms with Crippen molar-refractivity contribution in [3.05, 3.63) is 47.2 Å². The number of ether oxygens (including phenoxy) is 4. The molecule has 3 aliphatic heterocycles. The third-order valence-corrected chi connectivity index (χ3v) is 4.95. The molecule has 2 atom stereocenters. The van der Waals surface area contributed by atoms with Crippen LogP contribution in [0.5, 0.6) is 17.4 Å². The third kappa shape index (κ3) is 2.12. The van der Waals surface area contributed by atoms with Crippen LogP contribution in [-0.2, 0) is 11.2 Å². The Balaban J connectivity index is 1.69. The normalized spacial score (nSPS) is 23.1. The molecule has 2 aromatic rings. The summed E-state index contributed by atoms with van der Waals surface area (Å²) >= 11 is 0. The molecular formula is C18H16N2O5. The summed E-state index contributed by atoms with van der Waals surface area (Å²) < 4.78 is 21.6. The monoisotopic (exact) mass is 340 g/mol. The van der Waals surface area contributed by atoms with Crippen LogP contribution >= 0.6 is 0 Å². The molecule has 7 nitrogen and oxygen atoms in total. The first-order valence-corrected chi connectivity index (χ1v) is 8.12. The molecule has 5 rings (SSSR count). The molecule has 1 fully saturated rings. The summed E-state index contributed by atoms with van der Waals surface area (Å²) in [6, 6.07) is 7.47. The number of fused-ring (bicyclic) bond motifs is 3. The molecule has 1 amide bonds. The van der Waals surface area contributed by atoms with Crippen molar-refractivity contribution in [2.24, 2.45) is 0 Å². The van der Waals surface area contributed by atoms with Crippen LogP contribution in [0.3, 0.4) is 0 Å². The molecule has 0 bridgehead atoms. The molecule has 1 aromatic heterocycles. The molecule has 0 N–H and O–H groups in total. The zero-order chi connectivity index (χ0) is 17.0. The van der Waals surface area contributed by atoms with Crippen molar-refractivity contribution >= 4 is 6.09 Å². The van der Waals surface area contributed by atoms with Crippen LogP contribution in [0.15, 0.2) is 30.5 Å². The highest BCUT2D eigenvalue weighted by atomic mass is 16.7. The second-order valence-corrected chi connectivity index (χ2v) is 6.28. The van der Waals surface area contributed by atoms with E-state index in [2.05, 4.69) is 4.98 Å². The van der Waals surface area contributed by atoms with E-state index >= 15 is 0 Å². The average molecular weight is 340 g/mol. The van der Waals surface area contributed by atoms with Crippen molar-refractivity contribution in [1.29, 1.82) is 0 Å². The molecule has 3 aliphatic rings. The van der Waals surface area contributed by atoms with Gasteiger partial charge in [0, 0.05) is 12.3 Å². The van der Waals surface area contributed by atoms with Crippen LogP contribution in [0.2, 0.25) is 0 Å². The molecule has 0 radical (unpaired) electrons. The lowest BCUT2D eigenvalue weighted by atomic mass is 9.85. The van der Waals surface area contributed by atoms with Gasteiger partial charge in [-0.3, -0.25) is 4.90 Å². The largest absolute Gasteiger partial charge is 0.481 e. The van der Waals surface area contributed by atoms with Crippen LogP contribution in [-0.4, -0.2) is 42.5 Å². The molecule has 0 saturated carbocycles. The fraction of sp³-hybridized carbons (Fsp3) is 0.333. The fourth-order valence-electron chi connectivity index (χ4n) is 3.83. The predicted molar refractivity (Wildman–Crippen MR) is 85.9 cm³/mol. The molecule has 0 unspecified atom stereocenters. The smallest absolute Gasteiger partial charge is 0.411 e. The van der Waals surface area contributed by atoms with Crippen LogP contribution < -0.4 is 14.2 Å². The minimum atomic E-state index is -0.297. The van der Waals surface area contributed by atoms with Gasteiger partial charge in [0.2, 0.25) is 12.7 Å². The Morgan fingerprint density at radius 1 is 1.20 bits per heavy atom. The van der Waals surface area contributed by atoms with Crippen molar-refractivity contribution in [3.63, 3.8) is 0 Å². The van der Waals surface area contributed by atoms with Crippen LogP contribution in [0.25, 0.3) is 0 Å². The van der Waals surface area contributed by atoms with E-state index in [0.29, 0.717) is 18.2 Å². The number of amides is 1. The number of carbonyl (C=O) groups excluding carboxylic acids is 1. The molecule has 0 spiro atoms. The number of pyridine rings is 1. The van der Waals surface area contributed by atoms with Crippen molar-refractivity contribution < 1.29 is 23.7 Å². The third-order valence-electron chi connectivity index (χ3n) is 4.95. The maximum absolute atomic E-state index is 12.4. The first kappa shape index (κ1) is 14.4. The van der Waals surface area contributed by atoms with Gasteiger partial charge in [-0.1, -0.05) is 0 Å². The highest BCUT2D eigenvalue weighted by Crippen LogP contribution is 2.45. The van der Waals surface area contributed by atoms with Gasteiger partial charge in [-0.15, -0.1) is 0 Å². The van der Waals surface area contributed by atoms with Gasteiger partial charge in [-0.25, -0.2) is 9.78 Å². The highest BCUT2D eigenvalue weighted by Gasteiger charge is 2.44. The zero-order valence-electron chi connectivity index (χ0n) is 13.6. The maximum Gasteiger partial charge on any atom is 0.411 e. The molecule has 1 aromatic carbocycles. The Kier molecular flexibility index (Phi) is 3.03. The van der Waals surface area contributed by atoms with E-state index < -0.39 is 0 Å². The topological polar surface area (TPSA) is 70.1 Å². The predicted octanol–water partition coefficient (Wildman–Crippen LogP) is 2.29. The van der Waals surface area contributed by atoms with Crippen LogP contribution in [0.1, 0.15) is 22.7 Å². The molecular weight excluding hydrogens is 324 g/mol. The molecule has 1 saturated heterocycles. The van der Waals surface area contributed by atoms with E-state index in [4.69, 9.17) is 18.9 Å². The maximum atomic E-state index is 12.4. The quantitative estimate of drug-likeness (QED) is 0.835. The van der Waals surface area contributed by atoms with Gasteiger partial charge in [-0.05, 0) is 41.3 Å². The van der Waals surface area contributed by atoms with Gasteiger partial charge >= 0.3 is 6.09 Å². The average Bonchev–Trinajstić information content (AvgIpc) is 3.24. The molecule has 25 heavy (non-hydrogen) atoms. The van der Waals surface area contributed by atoms with Crippen molar-refractivity contribution in [2.45, 2.75) is 18.5 Å². The Hall–Kier alpha value is -2.96. The lowest BCUT2D eigenvalue weighted by molar-refractivity contribution is 0.147. The molecule has 4 heterocycles. The first-order chi connectivity index (χ1) is 12.2. The fourth-order valence-corrected chi connectivity index (χ4v) is 3.83. The first-order valence-electron chi connectivity index (χ1n) is 8.12. The Labute approximate surface area is 144 Å². The number of nitrogens with zero attached hydrogens (tertiary/aromatic N) is 2. The molecule has 7 heteroatoms. The summed E-state index contributed by atoms with van der Waals surface area (Å²) in [6.07, 6.45) is 2.12. The number of carbonyl (C=O) groups is 1. The Morgan fingerprint density at radius 3 is 2.88 bits per heavy atom. The minimum absolute atomic E-state index is 0.00420. The number of hydrogen-bond acceptors (Lipinski definition) is 6. The second-order valence-electron chi connectivity index (χ2n) is 6.28.